The smallest absolute Gasteiger partial charge is 0.243 e. The van der Waals surface area contributed by atoms with Crippen LogP contribution in [0.15, 0.2) is 51.8 Å². The van der Waals surface area contributed by atoms with Crippen LogP contribution in [-0.2, 0) is 16.6 Å². The topological polar surface area (TPSA) is 66.7 Å². The van der Waals surface area contributed by atoms with Gasteiger partial charge >= 0.3 is 0 Å². The van der Waals surface area contributed by atoms with E-state index in [1.54, 1.807) is 10.4 Å². The van der Waals surface area contributed by atoms with Gasteiger partial charge in [-0.3, -0.25) is 4.90 Å². The Morgan fingerprint density at radius 3 is 2.32 bits per heavy atom. The molecule has 164 valence electrons. The summed E-state index contributed by atoms with van der Waals surface area (Å²) in [6.07, 6.45) is 0. The fourth-order valence-corrected chi connectivity index (χ4v) is 5.70. The molecule has 3 aromatic rings. The maximum absolute atomic E-state index is 13.1. The van der Waals surface area contributed by atoms with Gasteiger partial charge in [-0.1, -0.05) is 35.9 Å². The van der Waals surface area contributed by atoms with Gasteiger partial charge in [0.2, 0.25) is 15.9 Å². The molecule has 0 bridgehead atoms. The van der Waals surface area contributed by atoms with Gasteiger partial charge in [-0.2, -0.15) is 4.31 Å². The van der Waals surface area contributed by atoms with E-state index in [9.17, 15) is 8.42 Å². The maximum Gasteiger partial charge on any atom is 0.243 e. The molecule has 1 aliphatic heterocycles. The number of benzene rings is 2. The molecule has 2 aromatic carbocycles. The number of aryl methyl sites for hydroxylation is 4. The Bertz CT molecular complexity index is 1190. The van der Waals surface area contributed by atoms with Crippen molar-refractivity contribution < 1.29 is 12.8 Å². The van der Waals surface area contributed by atoms with Crippen molar-refractivity contribution in [3.05, 3.63) is 70.6 Å². The fraction of sp³-hybridized carbons (Fsp3) is 0.375. The van der Waals surface area contributed by atoms with Crippen LogP contribution in [0.25, 0.3) is 11.5 Å². The van der Waals surface area contributed by atoms with Crippen LogP contribution < -0.4 is 0 Å². The number of aromatic nitrogens is 1. The first-order valence-corrected chi connectivity index (χ1v) is 12.0. The van der Waals surface area contributed by atoms with E-state index in [4.69, 9.17) is 9.40 Å². The molecule has 1 aliphatic rings. The standard InChI is InChI=1S/C24H29N3O3S/c1-17-9-10-23(19(3)15-17)31(28,29)27-13-11-26(12-14-27)16-22-20(4)30-24(25-22)21-8-6-5-7-18(21)2/h5-10,15H,11-14,16H2,1-4H3. The molecule has 2 heterocycles. The van der Waals surface area contributed by atoms with Gasteiger partial charge in [0.25, 0.3) is 0 Å². The van der Waals surface area contributed by atoms with Crippen molar-refractivity contribution in [2.75, 3.05) is 26.2 Å². The minimum absolute atomic E-state index is 0.404. The van der Waals surface area contributed by atoms with Crippen LogP contribution in [0.4, 0.5) is 0 Å². The third kappa shape index (κ3) is 4.44. The third-order valence-electron chi connectivity index (χ3n) is 5.92. The first-order valence-electron chi connectivity index (χ1n) is 10.6. The monoisotopic (exact) mass is 439 g/mol. The summed E-state index contributed by atoms with van der Waals surface area (Å²) >= 11 is 0. The highest BCUT2D eigenvalue weighted by molar-refractivity contribution is 7.89. The van der Waals surface area contributed by atoms with Crippen molar-refractivity contribution >= 4 is 10.0 Å². The van der Waals surface area contributed by atoms with Gasteiger partial charge < -0.3 is 4.42 Å². The summed E-state index contributed by atoms with van der Waals surface area (Å²) in [7, 11) is -3.48. The average Bonchev–Trinajstić information content (AvgIpc) is 3.08. The first-order chi connectivity index (χ1) is 14.8. The second-order valence-corrected chi connectivity index (χ2v) is 10.2. The fourth-order valence-electron chi connectivity index (χ4n) is 4.07. The lowest BCUT2D eigenvalue weighted by molar-refractivity contribution is 0.179. The summed E-state index contributed by atoms with van der Waals surface area (Å²) in [6, 6.07) is 13.5. The van der Waals surface area contributed by atoms with Gasteiger partial charge in [0.15, 0.2) is 0 Å². The first kappa shape index (κ1) is 21.7. The van der Waals surface area contributed by atoms with Crippen molar-refractivity contribution in [3.8, 4) is 11.5 Å². The zero-order valence-corrected chi connectivity index (χ0v) is 19.4. The maximum atomic E-state index is 13.1. The number of piperazine rings is 1. The lowest BCUT2D eigenvalue weighted by Crippen LogP contribution is -2.48. The molecule has 0 atom stereocenters. The molecule has 1 saturated heterocycles. The van der Waals surface area contributed by atoms with Crippen molar-refractivity contribution in [1.82, 2.24) is 14.2 Å². The summed E-state index contributed by atoms with van der Waals surface area (Å²) in [4.78, 5) is 7.37. The highest BCUT2D eigenvalue weighted by Crippen LogP contribution is 2.26. The van der Waals surface area contributed by atoms with Crippen molar-refractivity contribution in [2.24, 2.45) is 0 Å². The molecule has 1 aromatic heterocycles. The van der Waals surface area contributed by atoms with Crippen LogP contribution in [0.5, 0.6) is 0 Å². The summed E-state index contributed by atoms with van der Waals surface area (Å²) in [6.45, 7) is 10.7. The van der Waals surface area contributed by atoms with E-state index in [0.717, 1.165) is 33.7 Å². The molecule has 0 radical (unpaired) electrons. The van der Waals surface area contributed by atoms with Gasteiger partial charge in [0.05, 0.1) is 10.6 Å². The SMILES string of the molecule is Cc1ccc(S(=O)(=O)N2CCN(Cc3nc(-c4ccccc4C)oc3C)CC2)c(C)c1. The molecule has 0 amide bonds. The average molecular weight is 440 g/mol. The molecule has 1 fully saturated rings. The van der Waals surface area contributed by atoms with E-state index < -0.39 is 10.0 Å². The van der Waals surface area contributed by atoms with Crippen LogP contribution in [0, 0.1) is 27.7 Å². The Kier molecular flexibility index (Phi) is 6.01. The lowest BCUT2D eigenvalue weighted by Gasteiger charge is -2.33. The number of nitrogens with zero attached hydrogens (tertiary/aromatic N) is 3. The van der Waals surface area contributed by atoms with E-state index in [1.165, 1.54) is 0 Å². The quantitative estimate of drug-likeness (QED) is 0.599. The van der Waals surface area contributed by atoms with E-state index >= 15 is 0 Å². The molecule has 0 aliphatic carbocycles. The third-order valence-corrected chi connectivity index (χ3v) is 7.98. The molecule has 31 heavy (non-hydrogen) atoms. The predicted molar refractivity (Wildman–Crippen MR) is 121 cm³/mol. The Morgan fingerprint density at radius 2 is 1.65 bits per heavy atom. The van der Waals surface area contributed by atoms with Crippen LogP contribution >= 0.6 is 0 Å². The zero-order chi connectivity index (χ0) is 22.2. The highest BCUT2D eigenvalue weighted by Gasteiger charge is 2.30. The molecule has 6 nitrogen and oxygen atoms in total. The molecule has 4 rings (SSSR count). The van der Waals surface area contributed by atoms with Crippen LogP contribution in [-0.4, -0.2) is 48.8 Å². The lowest BCUT2D eigenvalue weighted by atomic mass is 10.1. The van der Waals surface area contributed by atoms with Gasteiger partial charge in [-0.05, 0) is 51.0 Å². The van der Waals surface area contributed by atoms with Gasteiger partial charge in [-0.15, -0.1) is 0 Å². The van der Waals surface area contributed by atoms with Crippen molar-refractivity contribution in [1.29, 1.82) is 0 Å². The molecule has 0 saturated carbocycles. The Morgan fingerprint density at radius 1 is 0.935 bits per heavy atom. The summed E-state index contributed by atoms with van der Waals surface area (Å²) < 4.78 is 33.7. The zero-order valence-electron chi connectivity index (χ0n) is 18.6. The second kappa shape index (κ2) is 8.57. The molecule has 0 spiro atoms. The summed E-state index contributed by atoms with van der Waals surface area (Å²) in [5, 5.41) is 0. The molecule has 0 unspecified atom stereocenters. The number of sulfonamides is 1. The second-order valence-electron chi connectivity index (χ2n) is 8.29. The van der Waals surface area contributed by atoms with Gasteiger partial charge in [-0.25, -0.2) is 13.4 Å². The molecule has 0 N–H and O–H groups in total. The van der Waals surface area contributed by atoms with Crippen LogP contribution in [0.2, 0.25) is 0 Å². The van der Waals surface area contributed by atoms with E-state index in [0.29, 0.717) is 43.5 Å². The molecule has 7 heteroatoms. The minimum atomic E-state index is -3.48. The largest absolute Gasteiger partial charge is 0.441 e. The van der Waals surface area contributed by atoms with E-state index in [1.807, 2.05) is 64.1 Å². The number of hydrogen-bond donors (Lipinski definition) is 0. The predicted octanol–water partition coefficient (Wildman–Crippen LogP) is 4.08. The Labute approximate surface area is 184 Å². The Hall–Kier alpha value is -2.48. The van der Waals surface area contributed by atoms with Crippen LogP contribution in [0.3, 0.4) is 0 Å². The number of hydrogen-bond acceptors (Lipinski definition) is 5. The molecular weight excluding hydrogens is 410 g/mol. The van der Waals surface area contributed by atoms with Crippen LogP contribution in [0.1, 0.15) is 28.1 Å². The van der Waals surface area contributed by atoms with Gasteiger partial charge in [0.1, 0.15) is 5.76 Å². The van der Waals surface area contributed by atoms with E-state index in [2.05, 4.69) is 4.90 Å². The summed E-state index contributed by atoms with van der Waals surface area (Å²) in [5.41, 5.74) is 4.89. The normalized spacial score (nSPS) is 16.0. The van der Waals surface area contributed by atoms with Crippen molar-refractivity contribution in [3.63, 3.8) is 0 Å². The van der Waals surface area contributed by atoms with E-state index in [-0.39, 0.29) is 0 Å². The minimum Gasteiger partial charge on any atom is -0.441 e. The summed E-state index contributed by atoms with van der Waals surface area (Å²) in [5.74, 6) is 1.45. The van der Waals surface area contributed by atoms with Crippen molar-refractivity contribution in [2.45, 2.75) is 39.1 Å². The number of oxazole rings is 1. The molecular formula is C24H29N3O3S. The Balaban J connectivity index is 1.44. The van der Waals surface area contributed by atoms with Gasteiger partial charge in [0, 0.05) is 38.3 Å². The number of rotatable bonds is 5. The highest BCUT2D eigenvalue weighted by atomic mass is 32.2.